The van der Waals surface area contributed by atoms with E-state index in [0.717, 1.165) is 4.88 Å². The van der Waals surface area contributed by atoms with Gasteiger partial charge in [-0.3, -0.25) is 4.79 Å². The zero-order valence-electron chi connectivity index (χ0n) is 5.50. The molecule has 1 heterocycles. The van der Waals surface area contributed by atoms with E-state index < -0.39 is 5.38 Å². The molecule has 0 amide bonds. The summed E-state index contributed by atoms with van der Waals surface area (Å²) in [6.45, 7) is 1.50. The maximum absolute atomic E-state index is 10.7. The van der Waals surface area contributed by atoms with Gasteiger partial charge in [0.15, 0.2) is 5.78 Å². The zero-order chi connectivity index (χ0) is 7.56. The van der Waals surface area contributed by atoms with Crippen LogP contribution in [0, 0.1) is 0 Å². The monoisotopic (exact) mass is 174 g/mol. The normalized spacial score (nSPS) is 13.0. The summed E-state index contributed by atoms with van der Waals surface area (Å²) in [5.41, 5.74) is 0. The fourth-order valence-electron chi connectivity index (χ4n) is 0.636. The minimum Gasteiger partial charge on any atom is -0.298 e. The molecule has 0 saturated carbocycles. The van der Waals surface area contributed by atoms with Crippen LogP contribution >= 0.6 is 22.9 Å². The van der Waals surface area contributed by atoms with Gasteiger partial charge in [0.25, 0.3) is 0 Å². The standard InChI is InChI=1S/C7H7ClOS/c1-5(9)7(8)6-3-2-4-10-6/h2-4,7H,1H3. The third kappa shape index (κ3) is 1.58. The molecule has 0 N–H and O–H groups in total. The minimum absolute atomic E-state index is 0.00381. The fraction of sp³-hybridized carbons (Fsp3) is 0.286. The molecule has 1 aromatic rings. The summed E-state index contributed by atoms with van der Waals surface area (Å²) in [6.07, 6.45) is 0. The first-order valence-corrected chi connectivity index (χ1v) is 4.21. The summed E-state index contributed by atoms with van der Waals surface area (Å²) in [5, 5.41) is 1.47. The Morgan fingerprint density at radius 3 is 2.90 bits per heavy atom. The van der Waals surface area contributed by atoms with Crippen molar-refractivity contribution in [2.75, 3.05) is 0 Å². The number of ketones is 1. The molecule has 0 aliphatic rings. The van der Waals surface area contributed by atoms with Crippen molar-refractivity contribution in [2.45, 2.75) is 12.3 Å². The smallest absolute Gasteiger partial charge is 0.152 e. The van der Waals surface area contributed by atoms with Crippen molar-refractivity contribution in [3.8, 4) is 0 Å². The van der Waals surface area contributed by atoms with Crippen molar-refractivity contribution in [2.24, 2.45) is 0 Å². The van der Waals surface area contributed by atoms with Crippen LogP contribution in [0.15, 0.2) is 17.5 Å². The molecule has 1 nitrogen and oxygen atoms in total. The lowest BCUT2D eigenvalue weighted by Gasteiger charge is -1.98. The van der Waals surface area contributed by atoms with Crippen LogP contribution in [0.5, 0.6) is 0 Å². The molecule has 1 aromatic heterocycles. The topological polar surface area (TPSA) is 17.1 Å². The predicted octanol–water partition coefficient (Wildman–Crippen LogP) is 2.62. The lowest BCUT2D eigenvalue weighted by Crippen LogP contribution is -1.98. The molecule has 10 heavy (non-hydrogen) atoms. The zero-order valence-corrected chi connectivity index (χ0v) is 7.08. The number of rotatable bonds is 2. The Labute approximate surface area is 68.6 Å². The van der Waals surface area contributed by atoms with E-state index in [0.29, 0.717) is 0 Å². The maximum atomic E-state index is 10.7. The van der Waals surface area contributed by atoms with Crippen LogP contribution < -0.4 is 0 Å². The van der Waals surface area contributed by atoms with E-state index in [2.05, 4.69) is 0 Å². The fourth-order valence-corrected chi connectivity index (χ4v) is 1.62. The van der Waals surface area contributed by atoms with Gasteiger partial charge in [0, 0.05) is 4.88 Å². The van der Waals surface area contributed by atoms with E-state index >= 15 is 0 Å². The molecule has 0 radical (unpaired) electrons. The summed E-state index contributed by atoms with van der Waals surface area (Å²) < 4.78 is 0. The van der Waals surface area contributed by atoms with Gasteiger partial charge in [-0.1, -0.05) is 6.07 Å². The summed E-state index contributed by atoms with van der Waals surface area (Å²) in [6, 6.07) is 3.75. The van der Waals surface area contributed by atoms with Gasteiger partial charge in [-0.25, -0.2) is 0 Å². The molecule has 1 rings (SSSR count). The van der Waals surface area contributed by atoms with Gasteiger partial charge in [-0.15, -0.1) is 22.9 Å². The van der Waals surface area contributed by atoms with Crippen molar-refractivity contribution in [1.29, 1.82) is 0 Å². The third-order valence-electron chi connectivity index (χ3n) is 1.15. The number of hydrogen-bond donors (Lipinski definition) is 0. The number of thiophene rings is 1. The summed E-state index contributed by atoms with van der Waals surface area (Å²) >= 11 is 7.25. The van der Waals surface area contributed by atoms with Crippen molar-refractivity contribution in [1.82, 2.24) is 0 Å². The Balaban J connectivity index is 2.77. The maximum Gasteiger partial charge on any atom is 0.152 e. The number of halogens is 1. The SMILES string of the molecule is CC(=O)C(Cl)c1cccs1. The minimum atomic E-state index is -0.444. The molecular formula is C7H7ClOS. The molecule has 3 heteroatoms. The van der Waals surface area contributed by atoms with Gasteiger partial charge in [0.1, 0.15) is 5.38 Å². The molecule has 0 fully saturated rings. The largest absolute Gasteiger partial charge is 0.298 e. The Bertz CT molecular complexity index is 218. The van der Waals surface area contributed by atoms with Gasteiger partial charge < -0.3 is 0 Å². The van der Waals surface area contributed by atoms with Crippen LogP contribution in [-0.2, 0) is 4.79 Å². The van der Waals surface area contributed by atoms with Crippen molar-refractivity contribution in [3.63, 3.8) is 0 Å². The Morgan fingerprint density at radius 2 is 2.50 bits per heavy atom. The molecule has 0 bridgehead atoms. The van der Waals surface area contributed by atoms with Crippen LogP contribution in [0.25, 0.3) is 0 Å². The summed E-state index contributed by atoms with van der Waals surface area (Å²) in [4.78, 5) is 11.6. The Kier molecular flexibility index (Phi) is 2.46. The second kappa shape index (κ2) is 3.17. The number of carbonyl (C=O) groups is 1. The van der Waals surface area contributed by atoms with Gasteiger partial charge in [0.2, 0.25) is 0 Å². The van der Waals surface area contributed by atoms with E-state index in [1.54, 1.807) is 0 Å². The van der Waals surface area contributed by atoms with Crippen molar-refractivity contribution < 1.29 is 4.79 Å². The molecule has 1 unspecified atom stereocenters. The molecule has 0 saturated heterocycles. The second-order valence-corrected chi connectivity index (χ2v) is 3.40. The molecule has 0 aliphatic heterocycles. The van der Waals surface area contributed by atoms with Gasteiger partial charge in [0.05, 0.1) is 0 Å². The highest BCUT2D eigenvalue weighted by molar-refractivity contribution is 7.10. The summed E-state index contributed by atoms with van der Waals surface area (Å²) in [5.74, 6) is 0.00381. The van der Waals surface area contributed by atoms with Crippen LogP contribution in [-0.4, -0.2) is 5.78 Å². The number of carbonyl (C=O) groups excluding carboxylic acids is 1. The number of hydrogen-bond acceptors (Lipinski definition) is 2. The van der Waals surface area contributed by atoms with Crippen molar-refractivity contribution >= 4 is 28.7 Å². The molecular weight excluding hydrogens is 168 g/mol. The second-order valence-electron chi connectivity index (χ2n) is 1.99. The molecule has 0 spiro atoms. The quantitative estimate of drug-likeness (QED) is 0.630. The van der Waals surface area contributed by atoms with E-state index in [4.69, 9.17) is 11.6 Å². The van der Waals surface area contributed by atoms with Gasteiger partial charge in [-0.2, -0.15) is 0 Å². The lowest BCUT2D eigenvalue weighted by atomic mass is 10.2. The van der Waals surface area contributed by atoms with Crippen molar-refractivity contribution in [3.05, 3.63) is 22.4 Å². The van der Waals surface area contributed by atoms with Gasteiger partial charge in [-0.05, 0) is 18.4 Å². The van der Waals surface area contributed by atoms with E-state index in [9.17, 15) is 4.79 Å². The first-order valence-electron chi connectivity index (χ1n) is 2.89. The third-order valence-corrected chi connectivity index (χ3v) is 2.76. The average molecular weight is 175 g/mol. The first kappa shape index (κ1) is 7.76. The Morgan fingerprint density at radius 1 is 1.80 bits per heavy atom. The lowest BCUT2D eigenvalue weighted by molar-refractivity contribution is -0.116. The molecule has 1 atom stereocenters. The van der Waals surface area contributed by atoms with Crippen LogP contribution in [0.2, 0.25) is 0 Å². The predicted molar refractivity (Wildman–Crippen MR) is 43.6 cm³/mol. The number of Topliss-reactive ketones (excluding diaryl/α,β-unsaturated/α-hetero) is 1. The molecule has 0 aliphatic carbocycles. The average Bonchev–Trinajstić information content (AvgIpc) is 2.36. The van der Waals surface area contributed by atoms with Crippen LogP contribution in [0.1, 0.15) is 17.2 Å². The number of alkyl halides is 1. The summed E-state index contributed by atoms with van der Waals surface area (Å²) in [7, 11) is 0. The molecule has 54 valence electrons. The van der Waals surface area contributed by atoms with E-state index in [1.165, 1.54) is 18.3 Å². The van der Waals surface area contributed by atoms with E-state index in [-0.39, 0.29) is 5.78 Å². The highest BCUT2D eigenvalue weighted by Crippen LogP contribution is 2.25. The first-order chi connectivity index (χ1) is 4.72. The molecule has 0 aromatic carbocycles. The highest BCUT2D eigenvalue weighted by Gasteiger charge is 2.12. The van der Waals surface area contributed by atoms with Crippen LogP contribution in [0.3, 0.4) is 0 Å². The highest BCUT2D eigenvalue weighted by atomic mass is 35.5. The van der Waals surface area contributed by atoms with Gasteiger partial charge >= 0.3 is 0 Å². The van der Waals surface area contributed by atoms with Crippen LogP contribution in [0.4, 0.5) is 0 Å². The van der Waals surface area contributed by atoms with E-state index in [1.807, 2.05) is 17.5 Å². The Hall–Kier alpha value is -0.340.